The van der Waals surface area contributed by atoms with Crippen molar-refractivity contribution in [2.24, 2.45) is 5.10 Å². The number of halogens is 3. The van der Waals surface area contributed by atoms with Crippen molar-refractivity contribution in [3.8, 4) is 5.75 Å². The smallest absolute Gasteiger partial charge is 0.244 e. The molecule has 114 valence electrons. The summed E-state index contributed by atoms with van der Waals surface area (Å²) in [5, 5.41) is 14.6. The molecule has 0 atom stereocenters. The number of carbonyl (C=O) groups excluding carboxylic acids is 1. The molecule has 0 aliphatic rings. The largest absolute Gasteiger partial charge is 0.506 e. The van der Waals surface area contributed by atoms with E-state index in [1.165, 1.54) is 18.3 Å². The highest BCUT2D eigenvalue weighted by molar-refractivity contribution is 6.36. The fourth-order valence-electron chi connectivity index (χ4n) is 1.69. The van der Waals surface area contributed by atoms with Crippen LogP contribution in [0.25, 0.3) is 0 Å². The standard InChI is InChI=1S/C15H11Cl3N2O2/c16-11-3-1-9(2-4-11)5-14(21)20-19-8-10-6-12(17)7-13(18)15(10)22/h1-4,6-8,22H,5H2,(H,20,21)/b19-8+. The minimum Gasteiger partial charge on any atom is -0.506 e. The Kier molecular flexibility index (Phi) is 5.66. The van der Waals surface area contributed by atoms with Gasteiger partial charge >= 0.3 is 0 Å². The number of carbonyl (C=O) groups is 1. The molecule has 1 amide bonds. The van der Waals surface area contributed by atoms with Crippen molar-refractivity contribution in [3.05, 3.63) is 62.6 Å². The molecule has 0 bridgehead atoms. The summed E-state index contributed by atoms with van der Waals surface area (Å²) in [5.74, 6) is -0.451. The average Bonchev–Trinajstić information content (AvgIpc) is 2.46. The van der Waals surface area contributed by atoms with Crippen LogP contribution in [0.1, 0.15) is 11.1 Å². The van der Waals surface area contributed by atoms with Crippen molar-refractivity contribution in [3.63, 3.8) is 0 Å². The summed E-state index contributed by atoms with van der Waals surface area (Å²) in [7, 11) is 0. The normalized spacial score (nSPS) is 10.9. The van der Waals surface area contributed by atoms with E-state index in [0.29, 0.717) is 15.6 Å². The third-order valence-electron chi connectivity index (χ3n) is 2.73. The molecule has 2 N–H and O–H groups in total. The Morgan fingerprint density at radius 3 is 2.50 bits per heavy atom. The molecule has 2 rings (SSSR count). The van der Waals surface area contributed by atoms with Gasteiger partial charge in [0.05, 0.1) is 17.7 Å². The Morgan fingerprint density at radius 1 is 1.14 bits per heavy atom. The summed E-state index contributed by atoms with van der Waals surface area (Å²) in [6.07, 6.45) is 1.43. The quantitative estimate of drug-likeness (QED) is 0.640. The topological polar surface area (TPSA) is 61.7 Å². The molecule has 0 heterocycles. The second-order valence-electron chi connectivity index (χ2n) is 4.42. The van der Waals surface area contributed by atoms with Crippen LogP contribution in [-0.4, -0.2) is 17.2 Å². The molecule has 0 aliphatic carbocycles. The molecule has 0 aliphatic heterocycles. The van der Waals surface area contributed by atoms with Crippen LogP contribution in [0.3, 0.4) is 0 Å². The first-order valence-corrected chi connectivity index (χ1v) is 7.33. The van der Waals surface area contributed by atoms with Gasteiger partial charge in [0, 0.05) is 15.6 Å². The van der Waals surface area contributed by atoms with E-state index in [9.17, 15) is 9.90 Å². The lowest BCUT2D eigenvalue weighted by atomic mass is 10.1. The zero-order valence-electron chi connectivity index (χ0n) is 11.2. The van der Waals surface area contributed by atoms with Gasteiger partial charge in [-0.1, -0.05) is 46.9 Å². The Hall–Kier alpha value is -1.75. The summed E-state index contributed by atoms with van der Waals surface area (Å²) < 4.78 is 0. The van der Waals surface area contributed by atoms with Crippen molar-refractivity contribution in [1.82, 2.24) is 5.43 Å². The van der Waals surface area contributed by atoms with Crippen LogP contribution in [0.15, 0.2) is 41.5 Å². The van der Waals surface area contributed by atoms with E-state index in [-0.39, 0.29) is 23.1 Å². The molecule has 22 heavy (non-hydrogen) atoms. The minimum absolute atomic E-state index is 0.112. The van der Waals surface area contributed by atoms with Gasteiger partial charge in [0.15, 0.2) is 0 Å². The van der Waals surface area contributed by atoms with Gasteiger partial charge in [-0.05, 0) is 29.8 Å². The van der Waals surface area contributed by atoms with Crippen molar-refractivity contribution < 1.29 is 9.90 Å². The fraction of sp³-hybridized carbons (Fsp3) is 0.0667. The van der Waals surface area contributed by atoms with Crippen molar-refractivity contribution >= 4 is 46.9 Å². The Labute approximate surface area is 142 Å². The monoisotopic (exact) mass is 356 g/mol. The maximum absolute atomic E-state index is 11.7. The minimum atomic E-state index is -0.300. The number of phenols is 1. The molecule has 4 nitrogen and oxygen atoms in total. The molecule has 0 fully saturated rings. The number of hydrazone groups is 1. The van der Waals surface area contributed by atoms with Gasteiger partial charge in [0.2, 0.25) is 5.91 Å². The van der Waals surface area contributed by atoms with E-state index in [4.69, 9.17) is 34.8 Å². The number of hydrogen-bond acceptors (Lipinski definition) is 3. The van der Waals surface area contributed by atoms with E-state index in [1.807, 2.05) is 0 Å². The fourth-order valence-corrected chi connectivity index (χ4v) is 2.32. The van der Waals surface area contributed by atoms with Gasteiger partial charge in [-0.2, -0.15) is 5.10 Å². The number of amides is 1. The summed E-state index contributed by atoms with van der Waals surface area (Å²) in [6.45, 7) is 0. The first kappa shape index (κ1) is 16.6. The van der Waals surface area contributed by atoms with Gasteiger partial charge in [0.1, 0.15) is 5.75 Å². The van der Waals surface area contributed by atoms with E-state index >= 15 is 0 Å². The van der Waals surface area contributed by atoms with Crippen molar-refractivity contribution in [1.29, 1.82) is 0 Å². The van der Waals surface area contributed by atoms with Crippen LogP contribution in [0.5, 0.6) is 5.75 Å². The lowest BCUT2D eigenvalue weighted by Crippen LogP contribution is -2.19. The van der Waals surface area contributed by atoms with E-state index in [0.717, 1.165) is 5.56 Å². The lowest BCUT2D eigenvalue weighted by Gasteiger charge is -2.03. The summed E-state index contributed by atoms with van der Waals surface area (Å²) in [4.78, 5) is 11.7. The molecule has 2 aromatic rings. The Morgan fingerprint density at radius 2 is 1.82 bits per heavy atom. The highest BCUT2D eigenvalue weighted by Crippen LogP contribution is 2.29. The molecule has 0 saturated carbocycles. The molecular weight excluding hydrogens is 347 g/mol. The zero-order chi connectivity index (χ0) is 16.1. The summed E-state index contributed by atoms with van der Waals surface area (Å²) >= 11 is 17.4. The van der Waals surface area contributed by atoms with Crippen molar-refractivity contribution in [2.75, 3.05) is 0 Å². The first-order chi connectivity index (χ1) is 10.5. The molecule has 0 spiro atoms. The lowest BCUT2D eigenvalue weighted by molar-refractivity contribution is -0.120. The molecule has 7 heteroatoms. The molecule has 0 unspecified atom stereocenters. The van der Waals surface area contributed by atoms with Crippen LogP contribution in [-0.2, 0) is 11.2 Å². The van der Waals surface area contributed by atoms with Gasteiger partial charge in [-0.15, -0.1) is 0 Å². The van der Waals surface area contributed by atoms with Crippen LogP contribution in [0.4, 0.5) is 0 Å². The second-order valence-corrected chi connectivity index (χ2v) is 5.70. The number of nitrogens with zero attached hydrogens (tertiary/aromatic N) is 1. The number of benzene rings is 2. The van der Waals surface area contributed by atoms with Gasteiger partial charge in [-0.3, -0.25) is 4.79 Å². The molecule has 0 aromatic heterocycles. The van der Waals surface area contributed by atoms with E-state index in [2.05, 4.69) is 10.5 Å². The molecule has 0 radical (unpaired) electrons. The van der Waals surface area contributed by atoms with Crippen molar-refractivity contribution in [2.45, 2.75) is 6.42 Å². The predicted octanol–water partition coefficient (Wildman–Crippen LogP) is 4.05. The number of rotatable bonds is 4. The average molecular weight is 358 g/mol. The van der Waals surface area contributed by atoms with Gasteiger partial charge in [0.25, 0.3) is 0 Å². The van der Waals surface area contributed by atoms with Crippen LogP contribution in [0, 0.1) is 0 Å². The van der Waals surface area contributed by atoms with E-state index < -0.39 is 0 Å². The third kappa shape index (κ3) is 4.63. The second kappa shape index (κ2) is 7.49. The highest BCUT2D eigenvalue weighted by atomic mass is 35.5. The molecular formula is C15H11Cl3N2O2. The van der Waals surface area contributed by atoms with Gasteiger partial charge < -0.3 is 5.11 Å². The Bertz CT molecular complexity index is 715. The maximum atomic E-state index is 11.7. The first-order valence-electron chi connectivity index (χ1n) is 6.20. The number of hydrogen-bond donors (Lipinski definition) is 2. The van der Waals surface area contributed by atoms with Crippen LogP contribution >= 0.6 is 34.8 Å². The summed E-state index contributed by atoms with van der Waals surface area (Å²) in [5.41, 5.74) is 3.48. The SMILES string of the molecule is O=C(Cc1ccc(Cl)cc1)N/N=C/c1cc(Cl)cc(Cl)c1O. The maximum Gasteiger partial charge on any atom is 0.244 e. The molecule has 2 aromatic carbocycles. The van der Waals surface area contributed by atoms with Crippen LogP contribution < -0.4 is 5.43 Å². The van der Waals surface area contributed by atoms with E-state index in [1.54, 1.807) is 24.3 Å². The predicted molar refractivity (Wildman–Crippen MR) is 89.0 cm³/mol. The number of nitrogens with one attached hydrogen (secondary N) is 1. The summed E-state index contributed by atoms with van der Waals surface area (Å²) in [6, 6.07) is 9.83. The third-order valence-corrected chi connectivity index (χ3v) is 3.49. The molecule has 0 saturated heterocycles. The highest BCUT2D eigenvalue weighted by Gasteiger charge is 2.06. The zero-order valence-corrected chi connectivity index (χ0v) is 13.5. The number of phenolic OH excluding ortho intramolecular Hbond substituents is 1. The van der Waals surface area contributed by atoms with Crippen LogP contribution in [0.2, 0.25) is 15.1 Å². The Balaban J connectivity index is 1.97. The van der Waals surface area contributed by atoms with Gasteiger partial charge in [-0.25, -0.2) is 5.43 Å². The number of aromatic hydroxyl groups is 1.